The van der Waals surface area contributed by atoms with E-state index < -0.39 is 11.4 Å². The average Bonchev–Trinajstić information content (AvgIpc) is 2.45. The van der Waals surface area contributed by atoms with Gasteiger partial charge >= 0.3 is 11.4 Å². The largest absolute Gasteiger partial charge is 0.359 e. The normalized spacial score (nSPS) is 10.4. The van der Waals surface area contributed by atoms with Crippen LogP contribution >= 0.6 is 0 Å². The molecule has 21 heavy (non-hydrogen) atoms. The van der Waals surface area contributed by atoms with Gasteiger partial charge in [-0.15, -0.1) is 0 Å². The van der Waals surface area contributed by atoms with Gasteiger partial charge in [0.05, 0.1) is 17.3 Å². The smallest absolute Gasteiger partial charge is 0.355 e. The number of benzene rings is 1. The Morgan fingerprint density at radius 2 is 2.00 bits per heavy atom. The number of nitrogens with one attached hydrogen (secondary N) is 2. The molecule has 1 aromatic carbocycles. The quantitative estimate of drug-likeness (QED) is 0.867. The third-order valence-electron chi connectivity index (χ3n) is 2.76. The van der Waals surface area contributed by atoms with Gasteiger partial charge in [-0.3, -0.25) is 4.98 Å². The van der Waals surface area contributed by atoms with E-state index in [1.807, 2.05) is 19.9 Å². The number of nitriles is 1. The zero-order valence-corrected chi connectivity index (χ0v) is 11.8. The maximum atomic E-state index is 12.0. The molecule has 0 saturated carbocycles. The van der Waals surface area contributed by atoms with Crippen molar-refractivity contribution in [1.29, 1.82) is 5.26 Å². The van der Waals surface area contributed by atoms with Crippen molar-refractivity contribution < 1.29 is 0 Å². The molecule has 0 fully saturated rings. The lowest BCUT2D eigenvalue weighted by molar-refractivity contribution is 0.680. The Bertz CT molecular complexity index is 749. The molecule has 0 bridgehead atoms. The number of nitrogens with zero attached hydrogens (tertiary/aromatic N) is 3. The van der Waals surface area contributed by atoms with Gasteiger partial charge in [0.15, 0.2) is 0 Å². The maximum absolute atomic E-state index is 12.0. The third-order valence-corrected chi connectivity index (χ3v) is 2.76. The van der Waals surface area contributed by atoms with Crippen LogP contribution in [0.2, 0.25) is 0 Å². The summed E-state index contributed by atoms with van der Waals surface area (Å²) in [5, 5.41) is 11.6. The summed E-state index contributed by atoms with van der Waals surface area (Å²) in [5.74, 6) is 0.514. The molecule has 2 N–H and O–H groups in total. The van der Waals surface area contributed by atoms with Crippen molar-refractivity contribution in [2.75, 3.05) is 11.9 Å². The molecule has 0 unspecified atom stereocenters. The first-order valence-electron chi connectivity index (χ1n) is 6.49. The zero-order valence-electron chi connectivity index (χ0n) is 11.8. The van der Waals surface area contributed by atoms with E-state index in [-0.39, 0.29) is 5.95 Å². The van der Waals surface area contributed by atoms with Gasteiger partial charge in [-0.05, 0) is 30.2 Å². The van der Waals surface area contributed by atoms with E-state index in [2.05, 4.69) is 15.3 Å². The lowest BCUT2D eigenvalue weighted by atomic mass is 10.2. The fourth-order valence-corrected chi connectivity index (χ4v) is 1.71. The van der Waals surface area contributed by atoms with E-state index >= 15 is 0 Å². The second-order valence-electron chi connectivity index (χ2n) is 4.94. The standard InChI is InChI=1S/C14H15N5O2/c1-9(2)8-16-12-17-13(20)19(14(21)18-12)11-5-3-10(7-15)4-6-11/h3-6,9H,8H2,1-2H3,(H2,16,17,18,20,21). The van der Waals surface area contributed by atoms with E-state index in [0.29, 0.717) is 23.7 Å². The number of anilines is 1. The minimum absolute atomic E-state index is 0.156. The molecule has 7 nitrogen and oxygen atoms in total. The van der Waals surface area contributed by atoms with Crippen molar-refractivity contribution in [3.63, 3.8) is 0 Å². The Labute approximate surface area is 120 Å². The molecule has 0 radical (unpaired) electrons. The lowest BCUT2D eigenvalue weighted by Gasteiger charge is -2.09. The molecule has 0 aliphatic heterocycles. The summed E-state index contributed by atoms with van der Waals surface area (Å²) in [6, 6.07) is 8.09. The van der Waals surface area contributed by atoms with Crippen molar-refractivity contribution in [3.8, 4) is 11.8 Å². The predicted molar refractivity (Wildman–Crippen MR) is 78.5 cm³/mol. The van der Waals surface area contributed by atoms with E-state index in [1.54, 1.807) is 0 Å². The van der Waals surface area contributed by atoms with Crippen LogP contribution in [0.5, 0.6) is 0 Å². The van der Waals surface area contributed by atoms with Crippen LogP contribution in [0.3, 0.4) is 0 Å². The highest BCUT2D eigenvalue weighted by molar-refractivity contribution is 5.39. The molecule has 108 valence electrons. The van der Waals surface area contributed by atoms with Gasteiger partial charge in [-0.1, -0.05) is 13.8 Å². The molecule has 1 heterocycles. The van der Waals surface area contributed by atoms with Gasteiger partial charge in [-0.2, -0.15) is 10.2 Å². The van der Waals surface area contributed by atoms with Crippen molar-refractivity contribution in [1.82, 2.24) is 14.5 Å². The van der Waals surface area contributed by atoms with Crippen LogP contribution in [0, 0.1) is 17.2 Å². The van der Waals surface area contributed by atoms with Crippen LogP contribution in [-0.4, -0.2) is 21.1 Å². The first-order chi connectivity index (χ1) is 10.0. The fourth-order valence-electron chi connectivity index (χ4n) is 1.71. The zero-order chi connectivity index (χ0) is 15.4. The van der Waals surface area contributed by atoms with Crippen molar-refractivity contribution in [2.45, 2.75) is 13.8 Å². The summed E-state index contributed by atoms with van der Waals surface area (Å²) in [7, 11) is 0. The van der Waals surface area contributed by atoms with E-state index in [1.165, 1.54) is 24.3 Å². The van der Waals surface area contributed by atoms with Gasteiger partial charge in [0, 0.05) is 6.54 Å². The summed E-state index contributed by atoms with van der Waals surface area (Å²) in [6.07, 6.45) is 0. The lowest BCUT2D eigenvalue weighted by Crippen LogP contribution is -2.36. The molecule has 0 saturated heterocycles. The topological polar surface area (TPSA) is 104 Å². The summed E-state index contributed by atoms with van der Waals surface area (Å²) < 4.78 is 0.918. The van der Waals surface area contributed by atoms with Gasteiger partial charge in [0.1, 0.15) is 0 Å². The Morgan fingerprint density at radius 3 is 2.52 bits per heavy atom. The van der Waals surface area contributed by atoms with Crippen molar-refractivity contribution in [3.05, 3.63) is 50.8 Å². The predicted octanol–water partition coefficient (Wildman–Crippen LogP) is 0.860. The van der Waals surface area contributed by atoms with E-state index in [4.69, 9.17) is 5.26 Å². The summed E-state index contributed by atoms with van der Waals surface area (Å²) in [4.78, 5) is 30.3. The van der Waals surface area contributed by atoms with Gasteiger partial charge < -0.3 is 5.32 Å². The van der Waals surface area contributed by atoms with E-state index in [9.17, 15) is 9.59 Å². The van der Waals surface area contributed by atoms with Crippen LogP contribution in [-0.2, 0) is 0 Å². The molecule has 0 aliphatic carbocycles. The number of H-pyrrole nitrogens is 1. The minimum atomic E-state index is -0.672. The molecule has 1 aromatic heterocycles. The molecule has 2 rings (SSSR count). The molecule has 7 heteroatoms. The first kappa shape index (κ1) is 14.5. The molecule has 0 spiro atoms. The highest BCUT2D eigenvalue weighted by Crippen LogP contribution is 2.05. The Morgan fingerprint density at radius 1 is 1.33 bits per heavy atom. The summed E-state index contributed by atoms with van der Waals surface area (Å²) >= 11 is 0. The van der Waals surface area contributed by atoms with Crippen LogP contribution < -0.4 is 16.7 Å². The molecule has 0 aliphatic rings. The molecule has 2 aromatic rings. The fraction of sp³-hybridized carbons (Fsp3) is 0.286. The van der Waals surface area contributed by atoms with Gasteiger partial charge in [0.25, 0.3) is 0 Å². The number of aromatic amines is 1. The Hall–Kier alpha value is -2.88. The van der Waals surface area contributed by atoms with Crippen LogP contribution in [0.1, 0.15) is 19.4 Å². The van der Waals surface area contributed by atoms with Crippen molar-refractivity contribution >= 4 is 5.95 Å². The Kier molecular flexibility index (Phi) is 4.18. The van der Waals surface area contributed by atoms with Gasteiger partial charge in [0.2, 0.25) is 5.95 Å². The number of rotatable bonds is 4. The average molecular weight is 285 g/mol. The van der Waals surface area contributed by atoms with E-state index in [0.717, 1.165) is 4.57 Å². The first-order valence-corrected chi connectivity index (χ1v) is 6.49. The maximum Gasteiger partial charge on any atom is 0.359 e. The second-order valence-corrected chi connectivity index (χ2v) is 4.94. The second kappa shape index (κ2) is 6.05. The number of hydrogen-bond donors (Lipinski definition) is 2. The van der Waals surface area contributed by atoms with Crippen LogP contribution in [0.4, 0.5) is 5.95 Å². The monoisotopic (exact) mass is 285 g/mol. The molecule has 0 atom stereocenters. The molecular weight excluding hydrogens is 270 g/mol. The highest BCUT2D eigenvalue weighted by atomic mass is 16.2. The van der Waals surface area contributed by atoms with Crippen molar-refractivity contribution in [2.24, 2.45) is 5.92 Å². The Balaban J connectivity index is 2.39. The summed E-state index contributed by atoms with van der Waals surface area (Å²) in [6.45, 7) is 4.61. The highest BCUT2D eigenvalue weighted by Gasteiger charge is 2.08. The minimum Gasteiger partial charge on any atom is -0.355 e. The van der Waals surface area contributed by atoms with Crippen LogP contribution in [0.15, 0.2) is 33.9 Å². The number of hydrogen-bond acceptors (Lipinski definition) is 5. The molecular formula is C14H15N5O2. The third kappa shape index (κ3) is 3.36. The van der Waals surface area contributed by atoms with Gasteiger partial charge in [-0.25, -0.2) is 14.2 Å². The SMILES string of the molecule is CC(C)CNc1nc(=O)n(-c2ccc(C#N)cc2)c(=O)[nH]1. The number of aromatic nitrogens is 3. The van der Waals surface area contributed by atoms with Crippen LogP contribution in [0.25, 0.3) is 5.69 Å². The summed E-state index contributed by atoms with van der Waals surface area (Å²) in [5.41, 5.74) is -0.435. The molecule has 0 amide bonds.